The van der Waals surface area contributed by atoms with Crippen LogP contribution in [0.2, 0.25) is 0 Å². The molecule has 0 aliphatic carbocycles. The molecule has 1 amide bonds. The minimum atomic E-state index is -4.75. The number of hydrogen-bond donors (Lipinski definition) is 1. The van der Waals surface area contributed by atoms with Crippen LogP contribution in [0.25, 0.3) is 27.5 Å². The molecule has 34 heavy (non-hydrogen) atoms. The van der Waals surface area contributed by atoms with Crippen molar-refractivity contribution in [1.82, 2.24) is 14.1 Å². The fraction of sp³-hybridized carbons (Fsp3) is 0.0952. The number of thiophene rings is 1. The first-order valence-corrected chi connectivity index (χ1v) is 10.5. The van der Waals surface area contributed by atoms with Crippen LogP contribution in [-0.4, -0.2) is 20.0 Å². The second-order valence-electron chi connectivity index (χ2n) is 7.31. The highest BCUT2D eigenvalue weighted by atomic mass is 32.1. The molecule has 13 heteroatoms. The molecule has 1 N–H and O–H groups in total. The third-order valence-electron chi connectivity index (χ3n) is 5.33. The van der Waals surface area contributed by atoms with E-state index in [2.05, 4.69) is 10.2 Å². The number of carbonyl (C=O) groups is 1. The summed E-state index contributed by atoms with van der Waals surface area (Å²) in [6.07, 6.45) is -2.06. The Balaban J connectivity index is 1.97. The zero-order valence-electron chi connectivity index (χ0n) is 16.8. The molecule has 5 rings (SSSR count). The summed E-state index contributed by atoms with van der Waals surface area (Å²) >= 11 is 1.13. The lowest BCUT2D eigenvalue weighted by Gasteiger charge is -2.08. The lowest BCUT2D eigenvalue weighted by molar-refractivity contribution is -0.137. The van der Waals surface area contributed by atoms with Gasteiger partial charge < -0.3 is 14.0 Å². The second-order valence-corrected chi connectivity index (χ2v) is 8.05. The van der Waals surface area contributed by atoms with Crippen LogP contribution in [-0.2, 0) is 12.7 Å². The number of furan rings is 1. The lowest BCUT2D eigenvalue weighted by atomic mass is 10.1. The highest BCUT2D eigenvalue weighted by Gasteiger charge is 2.33. The molecule has 0 unspecified atom stereocenters. The molecule has 4 heterocycles. The topological polar surface area (TPSA) is 119 Å². The molecular weight excluding hydrogens is 477 g/mol. The van der Waals surface area contributed by atoms with Crippen LogP contribution in [0.4, 0.5) is 13.2 Å². The number of nitrogens with one attached hydrogen (secondary N) is 1. The molecule has 0 saturated heterocycles. The summed E-state index contributed by atoms with van der Waals surface area (Å²) in [5.74, 6) is -1.36. The van der Waals surface area contributed by atoms with Crippen molar-refractivity contribution in [3.05, 3.63) is 90.1 Å². The number of carbonyl (C=O) groups excluding carboxylic acids is 1. The van der Waals surface area contributed by atoms with E-state index in [1.807, 2.05) is 0 Å². The van der Waals surface area contributed by atoms with Gasteiger partial charge in [0.25, 0.3) is 5.56 Å². The Bertz CT molecular complexity index is 1710. The number of nitroso groups, excluding NO2 is 1. The highest BCUT2D eigenvalue weighted by Crippen LogP contribution is 2.36. The van der Waals surface area contributed by atoms with E-state index in [4.69, 9.17) is 4.42 Å². The number of hydrogen-bond acceptors (Lipinski definition) is 6. The van der Waals surface area contributed by atoms with Gasteiger partial charge >= 0.3 is 17.8 Å². The maximum Gasteiger partial charge on any atom is 0.416 e. The number of aromatic nitrogens is 3. The monoisotopic (exact) mass is 488 g/mol. The Labute approximate surface area is 189 Å². The van der Waals surface area contributed by atoms with Crippen LogP contribution >= 0.6 is 11.3 Å². The number of nitrogens with zero attached hydrogens (tertiary/aromatic N) is 3. The number of rotatable bonds is 4. The van der Waals surface area contributed by atoms with E-state index in [1.54, 1.807) is 6.07 Å². The van der Waals surface area contributed by atoms with Gasteiger partial charge in [-0.05, 0) is 24.3 Å². The Hall–Kier alpha value is -4.26. The first-order valence-electron chi connectivity index (χ1n) is 9.54. The smallest absolute Gasteiger partial charge is 0.416 e. The molecule has 0 radical (unpaired) electrons. The second kappa shape index (κ2) is 7.66. The molecule has 0 aliphatic heterocycles. The Morgan fingerprint density at radius 1 is 1.15 bits per heavy atom. The molecule has 1 aromatic carbocycles. The quantitative estimate of drug-likeness (QED) is 0.379. The van der Waals surface area contributed by atoms with Gasteiger partial charge in [-0.2, -0.15) is 13.2 Å². The summed E-state index contributed by atoms with van der Waals surface area (Å²) in [4.78, 5) is 52.6. The summed E-state index contributed by atoms with van der Waals surface area (Å²) < 4.78 is 47.4. The summed E-state index contributed by atoms with van der Waals surface area (Å²) in [7, 11) is 0. The lowest BCUT2D eigenvalue weighted by Crippen LogP contribution is -2.34. The number of amides is 1. The van der Waals surface area contributed by atoms with E-state index in [0.29, 0.717) is 10.1 Å². The molecule has 4 aromatic heterocycles. The molecule has 172 valence electrons. The number of H-pyrrole nitrogens is 1. The first kappa shape index (κ1) is 21.6. The van der Waals surface area contributed by atoms with Gasteiger partial charge in [0.1, 0.15) is 5.69 Å². The van der Waals surface area contributed by atoms with Crippen molar-refractivity contribution in [1.29, 1.82) is 0 Å². The van der Waals surface area contributed by atoms with Crippen LogP contribution in [0.3, 0.4) is 0 Å². The van der Waals surface area contributed by atoms with Gasteiger partial charge in [0, 0.05) is 26.9 Å². The van der Waals surface area contributed by atoms with E-state index in [9.17, 15) is 32.5 Å². The molecule has 0 aliphatic rings. The average molecular weight is 488 g/mol. The van der Waals surface area contributed by atoms with Crippen LogP contribution < -0.4 is 11.2 Å². The summed E-state index contributed by atoms with van der Waals surface area (Å²) in [5, 5.41) is 5.26. The zero-order valence-corrected chi connectivity index (χ0v) is 17.6. The number of aromatic amines is 1. The molecule has 0 atom stereocenters. The summed E-state index contributed by atoms with van der Waals surface area (Å²) in [6.45, 7) is -0.109. The average Bonchev–Trinajstić information content (AvgIpc) is 3.53. The van der Waals surface area contributed by atoms with Crippen LogP contribution in [0.1, 0.15) is 21.6 Å². The standard InChI is InChI=1S/C21H11F3N4O5S/c22-21(23,24)11-1-2-15-12(5-11)16(28-19(30)13-8-34-9-14(13)25-20(28)31)17(18(29)26-32)27(15)6-10-3-4-33-7-10/h1-5,7-9H,6H2,(H,25,31). The van der Waals surface area contributed by atoms with Crippen molar-refractivity contribution >= 4 is 39.0 Å². The maximum atomic E-state index is 13.5. The van der Waals surface area contributed by atoms with Crippen molar-refractivity contribution in [3.63, 3.8) is 0 Å². The zero-order chi connectivity index (χ0) is 24.2. The number of alkyl halides is 3. The Morgan fingerprint density at radius 2 is 1.94 bits per heavy atom. The first-order chi connectivity index (χ1) is 16.2. The third-order valence-corrected chi connectivity index (χ3v) is 6.08. The van der Waals surface area contributed by atoms with Crippen molar-refractivity contribution < 1.29 is 22.4 Å². The minimum Gasteiger partial charge on any atom is -0.472 e. The van der Waals surface area contributed by atoms with Crippen LogP contribution in [0.5, 0.6) is 0 Å². The fourth-order valence-corrected chi connectivity index (χ4v) is 4.63. The highest BCUT2D eigenvalue weighted by molar-refractivity contribution is 7.09. The Morgan fingerprint density at radius 3 is 2.62 bits per heavy atom. The van der Waals surface area contributed by atoms with Gasteiger partial charge in [0.2, 0.25) is 0 Å². The largest absolute Gasteiger partial charge is 0.472 e. The number of fused-ring (bicyclic) bond motifs is 2. The molecule has 0 saturated carbocycles. The van der Waals surface area contributed by atoms with Crippen LogP contribution in [0.15, 0.2) is 66.7 Å². The van der Waals surface area contributed by atoms with Crippen molar-refractivity contribution in [2.24, 2.45) is 5.18 Å². The summed E-state index contributed by atoms with van der Waals surface area (Å²) in [5.41, 5.74) is -3.07. The van der Waals surface area contributed by atoms with Gasteiger partial charge in [0.05, 0.1) is 46.7 Å². The van der Waals surface area contributed by atoms with Gasteiger partial charge in [-0.15, -0.1) is 16.2 Å². The molecule has 0 fully saturated rings. The van der Waals surface area contributed by atoms with Gasteiger partial charge in [-0.1, -0.05) is 0 Å². The molecule has 9 nitrogen and oxygen atoms in total. The van der Waals surface area contributed by atoms with E-state index in [-0.39, 0.29) is 28.4 Å². The van der Waals surface area contributed by atoms with Gasteiger partial charge in [-0.25, -0.2) is 9.36 Å². The SMILES string of the molecule is O=NC(=O)c1c(-n2c(=O)[nH]c3cscc3c2=O)c2cc(C(F)(F)F)ccc2n1Cc1ccoc1. The predicted molar refractivity (Wildman–Crippen MR) is 116 cm³/mol. The Kier molecular flexibility index (Phi) is 4.86. The van der Waals surface area contributed by atoms with Crippen molar-refractivity contribution in [3.8, 4) is 5.69 Å². The number of halogens is 3. The minimum absolute atomic E-state index is 0.0768. The summed E-state index contributed by atoms with van der Waals surface area (Å²) in [6, 6.07) is 4.18. The van der Waals surface area contributed by atoms with E-state index in [1.165, 1.54) is 27.9 Å². The van der Waals surface area contributed by atoms with Gasteiger partial charge in [-0.3, -0.25) is 9.59 Å². The molecular formula is C21H11F3N4O5S. The van der Waals surface area contributed by atoms with E-state index >= 15 is 0 Å². The molecule has 0 bridgehead atoms. The van der Waals surface area contributed by atoms with Crippen molar-refractivity contribution in [2.75, 3.05) is 0 Å². The fourth-order valence-electron chi connectivity index (χ4n) is 3.88. The predicted octanol–water partition coefficient (Wildman–Crippen LogP) is 4.26. The number of benzene rings is 1. The maximum absolute atomic E-state index is 13.5. The van der Waals surface area contributed by atoms with Crippen LogP contribution in [0, 0.1) is 4.91 Å². The molecule has 0 spiro atoms. The van der Waals surface area contributed by atoms with Gasteiger partial charge in [0.15, 0.2) is 0 Å². The molecule has 5 aromatic rings. The van der Waals surface area contributed by atoms with E-state index in [0.717, 1.165) is 29.5 Å². The normalized spacial score (nSPS) is 12.0. The van der Waals surface area contributed by atoms with E-state index < -0.39 is 40.3 Å². The van der Waals surface area contributed by atoms with Crippen molar-refractivity contribution in [2.45, 2.75) is 12.7 Å². The third kappa shape index (κ3) is 3.28.